The van der Waals surface area contributed by atoms with Gasteiger partial charge in [-0.2, -0.15) is 5.26 Å². The van der Waals surface area contributed by atoms with Gasteiger partial charge >= 0.3 is 5.97 Å². The van der Waals surface area contributed by atoms with Crippen molar-refractivity contribution in [1.82, 2.24) is 0 Å². The summed E-state index contributed by atoms with van der Waals surface area (Å²) in [5.41, 5.74) is 1.63. The van der Waals surface area contributed by atoms with Gasteiger partial charge in [-0.25, -0.2) is 9.79 Å². The first-order valence-electron chi connectivity index (χ1n) is 7.47. The van der Waals surface area contributed by atoms with Gasteiger partial charge in [0.25, 0.3) is 0 Å². The SMILES string of the molecule is COc1cc(/C=C2/N=C(c3ccccc3)OC2=O)ccc1OCC#N. The van der Waals surface area contributed by atoms with Gasteiger partial charge in [0.1, 0.15) is 6.07 Å². The van der Waals surface area contributed by atoms with Crippen molar-refractivity contribution in [1.29, 1.82) is 5.26 Å². The molecule has 0 unspecified atom stereocenters. The Balaban J connectivity index is 1.88. The monoisotopic (exact) mass is 334 g/mol. The number of nitrogens with zero attached hydrogens (tertiary/aromatic N) is 2. The molecule has 0 N–H and O–H groups in total. The molecule has 0 bridgehead atoms. The second kappa shape index (κ2) is 7.32. The molecule has 6 nitrogen and oxygen atoms in total. The molecule has 1 aliphatic rings. The molecule has 3 rings (SSSR count). The van der Waals surface area contributed by atoms with Crippen molar-refractivity contribution in [3.63, 3.8) is 0 Å². The highest BCUT2D eigenvalue weighted by Crippen LogP contribution is 2.29. The fraction of sp³-hybridized carbons (Fsp3) is 0.105. The Morgan fingerprint density at radius 1 is 1.20 bits per heavy atom. The number of methoxy groups -OCH3 is 1. The van der Waals surface area contributed by atoms with E-state index < -0.39 is 5.97 Å². The molecule has 1 aliphatic heterocycles. The second-order valence-electron chi connectivity index (χ2n) is 5.06. The summed E-state index contributed by atoms with van der Waals surface area (Å²) >= 11 is 0. The topological polar surface area (TPSA) is 80.9 Å². The van der Waals surface area contributed by atoms with Crippen LogP contribution in [0.4, 0.5) is 0 Å². The molecule has 0 saturated carbocycles. The van der Waals surface area contributed by atoms with Crippen LogP contribution in [0.15, 0.2) is 59.2 Å². The molecular weight excluding hydrogens is 320 g/mol. The van der Waals surface area contributed by atoms with Gasteiger partial charge in [0.15, 0.2) is 23.8 Å². The minimum Gasteiger partial charge on any atom is -0.493 e. The molecule has 0 amide bonds. The number of carbonyl (C=O) groups excluding carboxylic acids is 1. The van der Waals surface area contributed by atoms with Gasteiger partial charge in [0.2, 0.25) is 5.90 Å². The Morgan fingerprint density at radius 2 is 2.00 bits per heavy atom. The lowest BCUT2D eigenvalue weighted by atomic mass is 10.1. The number of aliphatic imine (C=N–C) groups is 1. The second-order valence-corrected chi connectivity index (χ2v) is 5.06. The maximum absolute atomic E-state index is 12.0. The number of hydrogen-bond donors (Lipinski definition) is 0. The Hall–Kier alpha value is -3.59. The Bertz CT molecular complexity index is 895. The average molecular weight is 334 g/mol. The molecule has 0 aromatic heterocycles. The standard InChI is InChI=1S/C19H14N2O4/c1-23-17-12-13(7-8-16(17)24-10-9-20)11-15-19(22)25-18(21-15)14-5-3-2-4-6-14/h2-8,11-12H,10H2,1H3/b15-11+. The van der Waals surface area contributed by atoms with E-state index in [9.17, 15) is 4.79 Å². The number of nitriles is 1. The van der Waals surface area contributed by atoms with E-state index in [0.717, 1.165) is 5.56 Å². The minimum absolute atomic E-state index is 0.0755. The number of esters is 1. The molecule has 124 valence electrons. The van der Waals surface area contributed by atoms with Gasteiger partial charge in [-0.3, -0.25) is 0 Å². The van der Waals surface area contributed by atoms with Crippen LogP contribution in [0.25, 0.3) is 6.08 Å². The quantitative estimate of drug-likeness (QED) is 0.620. The molecular formula is C19H14N2O4. The minimum atomic E-state index is -0.511. The van der Waals surface area contributed by atoms with Crippen LogP contribution in [0, 0.1) is 11.3 Å². The fourth-order valence-corrected chi connectivity index (χ4v) is 2.27. The van der Waals surface area contributed by atoms with E-state index in [1.165, 1.54) is 7.11 Å². The third-order valence-electron chi connectivity index (χ3n) is 3.42. The first-order chi connectivity index (χ1) is 12.2. The smallest absolute Gasteiger partial charge is 0.363 e. The molecule has 0 spiro atoms. The molecule has 0 radical (unpaired) electrons. The molecule has 2 aromatic carbocycles. The van der Waals surface area contributed by atoms with Crippen LogP contribution in [0.3, 0.4) is 0 Å². The molecule has 0 atom stereocenters. The maximum Gasteiger partial charge on any atom is 0.363 e. The van der Waals surface area contributed by atoms with Crippen molar-refractivity contribution in [3.8, 4) is 17.6 Å². The number of rotatable bonds is 5. The average Bonchev–Trinajstić information content (AvgIpc) is 3.02. The summed E-state index contributed by atoms with van der Waals surface area (Å²) in [6, 6.07) is 16.2. The first-order valence-corrected chi connectivity index (χ1v) is 7.47. The number of cyclic esters (lactones) is 1. The van der Waals surface area contributed by atoms with E-state index in [1.807, 2.05) is 36.4 Å². The number of hydrogen-bond acceptors (Lipinski definition) is 6. The maximum atomic E-state index is 12.0. The van der Waals surface area contributed by atoms with Crippen molar-refractivity contribution in [2.24, 2.45) is 4.99 Å². The molecule has 25 heavy (non-hydrogen) atoms. The van der Waals surface area contributed by atoms with Crippen molar-refractivity contribution >= 4 is 17.9 Å². The molecule has 1 heterocycles. The zero-order valence-corrected chi connectivity index (χ0v) is 13.4. The van der Waals surface area contributed by atoms with Crippen LogP contribution in [0.5, 0.6) is 11.5 Å². The van der Waals surface area contributed by atoms with Gasteiger partial charge in [-0.05, 0) is 35.9 Å². The van der Waals surface area contributed by atoms with Crippen molar-refractivity contribution < 1.29 is 19.0 Å². The third kappa shape index (κ3) is 3.67. The Labute approximate surface area is 144 Å². The van der Waals surface area contributed by atoms with E-state index in [2.05, 4.69) is 4.99 Å². The summed E-state index contributed by atoms with van der Waals surface area (Å²) in [5.74, 6) is 0.678. The van der Waals surface area contributed by atoms with Gasteiger partial charge in [0, 0.05) is 5.56 Å². The van der Waals surface area contributed by atoms with Crippen LogP contribution >= 0.6 is 0 Å². The fourth-order valence-electron chi connectivity index (χ4n) is 2.27. The Morgan fingerprint density at radius 3 is 2.72 bits per heavy atom. The summed E-state index contributed by atoms with van der Waals surface area (Å²) in [6.45, 7) is -0.0755. The van der Waals surface area contributed by atoms with Crippen LogP contribution in [-0.4, -0.2) is 25.6 Å². The highest BCUT2D eigenvalue weighted by atomic mass is 16.6. The van der Waals surface area contributed by atoms with Gasteiger partial charge in [-0.1, -0.05) is 24.3 Å². The van der Waals surface area contributed by atoms with Crippen molar-refractivity contribution in [3.05, 3.63) is 65.4 Å². The predicted octanol–water partition coefficient (Wildman–Crippen LogP) is 2.94. The molecule has 6 heteroatoms. The van der Waals surface area contributed by atoms with E-state index in [0.29, 0.717) is 17.1 Å². The van der Waals surface area contributed by atoms with Gasteiger partial charge in [0.05, 0.1) is 7.11 Å². The first kappa shape index (κ1) is 16.3. The lowest BCUT2D eigenvalue weighted by Crippen LogP contribution is -2.04. The normalized spacial score (nSPS) is 14.6. The summed E-state index contributed by atoms with van der Waals surface area (Å²) in [5, 5.41) is 8.59. The number of carbonyl (C=O) groups is 1. The molecule has 0 aliphatic carbocycles. The van der Waals surface area contributed by atoms with E-state index in [1.54, 1.807) is 24.3 Å². The zero-order chi connectivity index (χ0) is 17.6. The molecule has 0 saturated heterocycles. The molecule has 0 fully saturated rings. The largest absolute Gasteiger partial charge is 0.493 e. The predicted molar refractivity (Wildman–Crippen MR) is 91.2 cm³/mol. The third-order valence-corrected chi connectivity index (χ3v) is 3.42. The number of ether oxygens (including phenoxy) is 3. The number of benzene rings is 2. The highest BCUT2D eigenvalue weighted by molar-refractivity contribution is 6.12. The van der Waals surface area contributed by atoms with Gasteiger partial charge < -0.3 is 14.2 Å². The van der Waals surface area contributed by atoms with Crippen LogP contribution < -0.4 is 9.47 Å². The van der Waals surface area contributed by atoms with E-state index >= 15 is 0 Å². The molecule has 2 aromatic rings. The van der Waals surface area contributed by atoms with Gasteiger partial charge in [-0.15, -0.1) is 0 Å². The van der Waals surface area contributed by atoms with E-state index in [4.69, 9.17) is 19.5 Å². The zero-order valence-electron chi connectivity index (χ0n) is 13.4. The summed E-state index contributed by atoms with van der Waals surface area (Å²) in [4.78, 5) is 16.3. The summed E-state index contributed by atoms with van der Waals surface area (Å²) in [6.07, 6.45) is 1.61. The Kier molecular flexibility index (Phi) is 4.77. The van der Waals surface area contributed by atoms with Crippen LogP contribution in [-0.2, 0) is 9.53 Å². The lowest BCUT2D eigenvalue weighted by Gasteiger charge is -2.08. The summed E-state index contributed by atoms with van der Waals surface area (Å²) < 4.78 is 15.7. The highest BCUT2D eigenvalue weighted by Gasteiger charge is 2.24. The van der Waals surface area contributed by atoms with Crippen molar-refractivity contribution in [2.75, 3.05) is 13.7 Å². The van der Waals surface area contributed by atoms with Crippen molar-refractivity contribution in [2.45, 2.75) is 0 Å². The van der Waals surface area contributed by atoms with Crippen LogP contribution in [0.2, 0.25) is 0 Å². The summed E-state index contributed by atoms with van der Waals surface area (Å²) in [7, 11) is 1.50. The lowest BCUT2D eigenvalue weighted by molar-refractivity contribution is -0.129. The van der Waals surface area contributed by atoms with Crippen LogP contribution in [0.1, 0.15) is 11.1 Å². The van der Waals surface area contributed by atoms with E-state index in [-0.39, 0.29) is 18.2 Å².